The van der Waals surface area contributed by atoms with Crippen molar-refractivity contribution in [3.63, 3.8) is 0 Å². The third-order valence-electron chi connectivity index (χ3n) is 4.64. The minimum Gasteiger partial charge on any atom is -0.481 e. The quantitative estimate of drug-likeness (QED) is 0.787. The Hall–Kier alpha value is -1.14. The number of rotatable bonds is 5. The second-order valence-corrected chi connectivity index (χ2v) is 6.11. The van der Waals surface area contributed by atoms with Gasteiger partial charge in [0.15, 0.2) is 0 Å². The van der Waals surface area contributed by atoms with Crippen LogP contribution < -0.4 is 5.32 Å². The van der Waals surface area contributed by atoms with Crippen molar-refractivity contribution in [2.75, 3.05) is 32.8 Å². The highest BCUT2D eigenvalue weighted by Crippen LogP contribution is 2.37. The van der Waals surface area contributed by atoms with Crippen LogP contribution in [0.4, 0.5) is 0 Å². The van der Waals surface area contributed by atoms with Crippen LogP contribution in [0.1, 0.15) is 39.0 Å². The molecule has 2 heterocycles. The second kappa shape index (κ2) is 7.22. The van der Waals surface area contributed by atoms with Gasteiger partial charge in [0.25, 0.3) is 0 Å². The molecule has 0 saturated carbocycles. The highest BCUT2D eigenvalue weighted by molar-refractivity contribution is 5.84. The van der Waals surface area contributed by atoms with Gasteiger partial charge in [-0.05, 0) is 32.4 Å². The fourth-order valence-corrected chi connectivity index (χ4v) is 3.55. The number of piperidine rings is 1. The summed E-state index contributed by atoms with van der Waals surface area (Å²) in [5.41, 5.74) is -0.311. The molecule has 120 valence electrons. The summed E-state index contributed by atoms with van der Waals surface area (Å²) in [6.45, 7) is 5.17. The van der Waals surface area contributed by atoms with E-state index < -0.39 is 5.97 Å². The summed E-state index contributed by atoms with van der Waals surface area (Å²) in [4.78, 5) is 25.9. The summed E-state index contributed by atoms with van der Waals surface area (Å²) in [6.07, 6.45) is 3.50. The highest BCUT2D eigenvalue weighted by atomic mass is 16.5. The van der Waals surface area contributed by atoms with Crippen molar-refractivity contribution in [1.82, 2.24) is 10.2 Å². The molecule has 0 bridgehead atoms. The van der Waals surface area contributed by atoms with Gasteiger partial charge in [-0.2, -0.15) is 0 Å². The van der Waals surface area contributed by atoms with E-state index in [1.807, 2.05) is 0 Å². The van der Waals surface area contributed by atoms with Crippen LogP contribution in [0.3, 0.4) is 0 Å². The number of carbonyl (C=O) groups excluding carboxylic acids is 1. The Morgan fingerprint density at radius 1 is 1.38 bits per heavy atom. The topological polar surface area (TPSA) is 78.9 Å². The molecule has 1 amide bonds. The van der Waals surface area contributed by atoms with Gasteiger partial charge in [0.2, 0.25) is 5.91 Å². The third kappa shape index (κ3) is 3.74. The van der Waals surface area contributed by atoms with E-state index in [2.05, 4.69) is 12.2 Å². The monoisotopic (exact) mass is 298 g/mol. The Labute approximate surface area is 125 Å². The van der Waals surface area contributed by atoms with Crippen LogP contribution in [0.25, 0.3) is 0 Å². The van der Waals surface area contributed by atoms with E-state index in [-0.39, 0.29) is 23.8 Å². The molecule has 0 aliphatic carbocycles. The van der Waals surface area contributed by atoms with Gasteiger partial charge in [-0.15, -0.1) is 0 Å². The van der Waals surface area contributed by atoms with Crippen molar-refractivity contribution < 1.29 is 19.4 Å². The zero-order valence-corrected chi connectivity index (χ0v) is 12.8. The number of carbonyl (C=O) groups is 2. The minimum absolute atomic E-state index is 0.0355. The van der Waals surface area contributed by atoms with E-state index in [1.165, 1.54) is 0 Å². The van der Waals surface area contributed by atoms with E-state index in [9.17, 15) is 9.59 Å². The van der Waals surface area contributed by atoms with Gasteiger partial charge in [-0.1, -0.05) is 13.3 Å². The maximum Gasteiger partial charge on any atom is 0.305 e. The van der Waals surface area contributed by atoms with Crippen LogP contribution in [0, 0.1) is 5.41 Å². The molecular weight excluding hydrogens is 272 g/mol. The highest BCUT2D eigenvalue weighted by Gasteiger charge is 2.43. The van der Waals surface area contributed by atoms with Gasteiger partial charge in [0.1, 0.15) is 0 Å². The molecule has 2 rings (SSSR count). The zero-order chi connectivity index (χ0) is 15.3. The van der Waals surface area contributed by atoms with Gasteiger partial charge in [-0.25, -0.2) is 0 Å². The molecule has 0 aromatic carbocycles. The van der Waals surface area contributed by atoms with E-state index in [0.717, 1.165) is 38.8 Å². The predicted molar refractivity (Wildman–Crippen MR) is 78.0 cm³/mol. The van der Waals surface area contributed by atoms with Crippen molar-refractivity contribution in [1.29, 1.82) is 0 Å². The number of nitrogens with one attached hydrogen (secondary N) is 1. The average molecular weight is 298 g/mol. The van der Waals surface area contributed by atoms with Crippen LogP contribution in [-0.2, 0) is 14.3 Å². The van der Waals surface area contributed by atoms with E-state index in [4.69, 9.17) is 9.84 Å². The smallest absolute Gasteiger partial charge is 0.305 e. The first-order chi connectivity index (χ1) is 10.1. The lowest BCUT2D eigenvalue weighted by molar-refractivity contribution is -0.156. The number of carboxylic acid groups (broad SMARTS) is 1. The number of carboxylic acids is 1. The van der Waals surface area contributed by atoms with Crippen LogP contribution in [0.2, 0.25) is 0 Å². The number of amides is 1. The van der Waals surface area contributed by atoms with Gasteiger partial charge >= 0.3 is 5.97 Å². The molecule has 0 spiro atoms. The number of ether oxygens (including phenoxy) is 1. The number of morpholine rings is 1. The first-order valence-electron chi connectivity index (χ1n) is 7.90. The molecule has 6 nitrogen and oxygen atoms in total. The SMILES string of the molecule is CCCC1(C(=O)N2CCOCC2CC(=O)O)CCNCC1. The van der Waals surface area contributed by atoms with Gasteiger partial charge in [-0.3, -0.25) is 9.59 Å². The number of hydrogen-bond donors (Lipinski definition) is 2. The van der Waals surface area contributed by atoms with Crippen LogP contribution in [0.5, 0.6) is 0 Å². The minimum atomic E-state index is -0.877. The van der Waals surface area contributed by atoms with Crippen molar-refractivity contribution >= 4 is 11.9 Å². The Balaban J connectivity index is 2.15. The van der Waals surface area contributed by atoms with Crippen molar-refractivity contribution in [2.45, 2.75) is 45.1 Å². The molecule has 2 saturated heterocycles. The van der Waals surface area contributed by atoms with Crippen molar-refractivity contribution in [2.24, 2.45) is 5.41 Å². The summed E-state index contributed by atoms with van der Waals surface area (Å²) < 4.78 is 5.37. The average Bonchev–Trinajstić information content (AvgIpc) is 2.48. The molecule has 0 radical (unpaired) electrons. The van der Waals surface area contributed by atoms with Crippen molar-refractivity contribution in [3.05, 3.63) is 0 Å². The van der Waals surface area contributed by atoms with Crippen LogP contribution >= 0.6 is 0 Å². The third-order valence-corrected chi connectivity index (χ3v) is 4.64. The summed E-state index contributed by atoms with van der Waals surface area (Å²) in [5, 5.41) is 12.3. The molecule has 1 atom stereocenters. The van der Waals surface area contributed by atoms with Crippen LogP contribution in [-0.4, -0.2) is 60.8 Å². The van der Waals surface area contributed by atoms with Gasteiger partial charge in [0, 0.05) is 6.54 Å². The summed E-state index contributed by atoms with van der Waals surface area (Å²) in [6, 6.07) is -0.327. The van der Waals surface area contributed by atoms with Gasteiger partial charge in [0.05, 0.1) is 31.1 Å². The second-order valence-electron chi connectivity index (χ2n) is 6.11. The Morgan fingerprint density at radius 2 is 2.10 bits per heavy atom. The van der Waals surface area contributed by atoms with Crippen LogP contribution in [0.15, 0.2) is 0 Å². The molecule has 0 aromatic rings. The molecule has 21 heavy (non-hydrogen) atoms. The Bertz CT molecular complexity index is 374. The summed E-state index contributed by atoms with van der Waals surface area (Å²) >= 11 is 0. The maximum atomic E-state index is 13.1. The Kier molecular flexibility index (Phi) is 5.58. The lowest BCUT2D eigenvalue weighted by atomic mass is 9.74. The molecule has 2 fully saturated rings. The lowest BCUT2D eigenvalue weighted by Crippen LogP contribution is -2.56. The van der Waals surface area contributed by atoms with Crippen molar-refractivity contribution in [3.8, 4) is 0 Å². The molecule has 2 aliphatic rings. The molecule has 6 heteroatoms. The van der Waals surface area contributed by atoms with Gasteiger partial charge < -0.3 is 20.1 Å². The largest absolute Gasteiger partial charge is 0.481 e. The summed E-state index contributed by atoms with van der Waals surface area (Å²) in [5.74, 6) is -0.737. The van der Waals surface area contributed by atoms with E-state index >= 15 is 0 Å². The lowest BCUT2D eigenvalue weighted by Gasteiger charge is -2.44. The van der Waals surface area contributed by atoms with E-state index in [0.29, 0.717) is 19.8 Å². The molecule has 2 N–H and O–H groups in total. The summed E-state index contributed by atoms with van der Waals surface area (Å²) in [7, 11) is 0. The fraction of sp³-hybridized carbons (Fsp3) is 0.867. The number of aliphatic carboxylic acids is 1. The standard InChI is InChI=1S/C15H26N2O4/c1-2-3-15(4-6-16-7-5-15)14(20)17-8-9-21-11-12(17)10-13(18)19/h12,16H,2-11H2,1H3,(H,18,19). The molecule has 1 unspecified atom stereocenters. The maximum absolute atomic E-state index is 13.1. The predicted octanol–water partition coefficient (Wildman–Crippen LogP) is 0.858. The molecule has 2 aliphatic heterocycles. The normalized spacial score (nSPS) is 25.6. The zero-order valence-electron chi connectivity index (χ0n) is 12.8. The number of nitrogens with zero attached hydrogens (tertiary/aromatic N) is 1. The molecule has 0 aromatic heterocycles. The first-order valence-corrected chi connectivity index (χ1v) is 7.90. The van der Waals surface area contributed by atoms with E-state index in [1.54, 1.807) is 4.90 Å². The Morgan fingerprint density at radius 3 is 2.71 bits per heavy atom. The first kappa shape index (κ1) is 16.2. The fourth-order valence-electron chi connectivity index (χ4n) is 3.55. The number of hydrogen-bond acceptors (Lipinski definition) is 4. The molecular formula is C15H26N2O4.